The molecule has 2 heterocycles. The van der Waals surface area contributed by atoms with Gasteiger partial charge in [0.1, 0.15) is 11.5 Å². The lowest BCUT2D eigenvalue weighted by molar-refractivity contribution is -0.119. The predicted molar refractivity (Wildman–Crippen MR) is 130 cm³/mol. The Morgan fingerprint density at radius 3 is 2.69 bits per heavy atom. The summed E-state index contributed by atoms with van der Waals surface area (Å²) < 4.78 is 17.4. The number of hydrogen-bond donors (Lipinski definition) is 0. The minimum atomic E-state index is 0.0779. The molecule has 3 aromatic rings. The number of anilines is 1. The van der Waals surface area contributed by atoms with Crippen LogP contribution in [0.2, 0.25) is 0 Å². The smallest absolute Gasteiger partial charge is 0.228 e. The third-order valence-corrected chi connectivity index (χ3v) is 7.55. The summed E-state index contributed by atoms with van der Waals surface area (Å²) in [5.74, 6) is 2.59. The number of thiazole rings is 1. The van der Waals surface area contributed by atoms with Crippen LogP contribution in [0.25, 0.3) is 10.2 Å². The van der Waals surface area contributed by atoms with Gasteiger partial charge in [0.05, 0.1) is 37.1 Å². The second-order valence-electron chi connectivity index (χ2n) is 7.60. The molecule has 2 aromatic carbocycles. The molecule has 1 aliphatic heterocycles. The van der Waals surface area contributed by atoms with Crippen molar-refractivity contribution >= 4 is 44.4 Å². The topological polar surface area (TPSA) is 60.9 Å². The van der Waals surface area contributed by atoms with Crippen LogP contribution in [0, 0.1) is 0 Å². The van der Waals surface area contributed by atoms with Crippen LogP contribution in [0.3, 0.4) is 0 Å². The Labute approximate surface area is 196 Å². The van der Waals surface area contributed by atoms with Gasteiger partial charge in [0.15, 0.2) is 5.13 Å². The first kappa shape index (κ1) is 22.9. The minimum Gasteiger partial charge on any atom is -0.497 e. The molecule has 170 valence electrons. The average molecular weight is 473 g/mol. The molecule has 0 saturated carbocycles. The molecule has 1 aromatic heterocycles. The fraction of sp³-hybridized carbons (Fsp3) is 0.417. The van der Waals surface area contributed by atoms with Crippen LogP contribution in [0.5, 0.6) is 11.5 Å². The fourth-order valence-electron chi connectivity index (χ4n) is 3.64. The Hall–Kier alpha value is -2.29. The number of nitrogens with zero attached hydrogens (tertiary/aromatic N) is 2. The van der Waals surface area contributed by atoms with Crippen molar-refractivity contribution in [2.24, 2.45) is 0 Å². The molecule has 1 amide bonds. The second-order valence-corrected chi connectivity index (χ2v) is 9.77. The Bertz CT molecular complexity index is 1030. The van der Waals surface area contributed by atoms with Crippen molar-refractivity contribution in [1.29, 1.82) is 0 Å². The number of benzene rings is 2. The van der Waals surface area contributed by atoms with Gasteiger partial charge in [-0.1, -0.05) is 11.3 Å². The Balaban J connectivity index is 1.40. The highest BCUT2D eigenvalue weighted by Gasteiger charge is 2.26. The average Bonchev–Trinajstić information content (AvgIpc) is 3.49. The molecule has 0 spiro atoms. The van der Waals surface area contributed by atoms with Gasteiger partial charge in [-0.05, 0) is 61.4 Å². The third kappa shape index (κ3) is 5.74. The highest BCUT2D eigenvalue weighted by Crippen LogP contribution is 2.32. The number of carbonyl (C=O) groups excluding carboxylic acids is 1. The van der Waals surface area contributed by atoms with Gasteiger partial charge in [-0.2, -0.15) is 0 Å². The largest absolute Gasteiger partial charge is 0.497 e. The van der Waals surface area contributed by atoms with Gasteiger partial charge in [0.2, 0.25) is 5.91 Å². The van der Waals surface area contributed by atoms with E-state index in [1.54, 1.807) is 37.3 Å². The number of fused-ring (bicyclic) bond motifs is 1. The number of ether oxygens (including phenoxy) is 3. The van der Waals surface area contributed by atoms with Gasteiger partial charge >= 0.3 is 0 Å². The summed E-state index contributed by atoms with van der Waals surface area (Å²) >= 11 is 3.29. The van der Waals surface area contributed by atoms with E-state index in [-0.39, 0.29) is 12.0 Å². The van der Waals surface area contributed by atoms with Crippen molar-refractivity contribution in [3.63, 3.8) is 0 Å². The molecule has 1 atom stereocenters. The van der Waals surface area contributed by atoms with E-state index < -0.39 is 0 Å². The van der Waals surface area contributed by atoms with E-state index >= 15 is 0 Å². The van der Waals surface area contributed by atoms with Crippen LogP contribution in [0.1, 0.15) is 25.7 Å². The van der Waals surface area contributed by atoms with E-state index in [1.807, 2.05) is 47.4 Å². The quantitative estimate of drug-likeness (QED) is 0.291. The Kier molecular flexibility index (Phi) is 7.89. The number of thioether (sulfide) groups is 1. The van der Waals surface area contributed by atoms with E-state index in [1.165, 1.54) is 4.90 Å². The summed E-state index contributed by atoms with van der Waals surface area (Å²) in [7, 11) is 3.31. The molecular weight excluding hydrogens is 444 g/mol. The van der Waals surface area contributed by atoms with E-state index in [2.05, 4.69) is 0 Å². The number of hydrogen-bond acceptors (Lipinski definition) is 7. The van der Waals surface area contributed by atoms with E-state index in [4.69, 9.17) is 19.2 Å². The standard InChI is InChI=1S/C24H28N2O4S2/c1-28-17-7-10-20(11-8-17)31-14-4-6-23(27)26(16-19-5-3-13-30-19)24-25-21-15-18(29-2)9-12-22(21)32-24/h7-12,15,19H,3-6,13-14,16H2,1-2H3. The van der Waals surface area contributed by atoms with Crippen LogP contribution in [0.4, 0.5) is 5.13 Å². The van der Waals surface area contributed by atoms with Crippen molar-refractivity contribution < 1.29 is 19.0 Å². The first-order valence-corrected chi connectivity index (χ1v) is 12.6. The molecule has 0 radical (unpaired) electrons. The molecular formula is C24H28N2O4S2. The van der Waals surface area contributed by atoms with Crippen LogP contribution >= 0.6 is 23.1 Å². The monoisotopic (exact) mass is 472 g/mol. The first-order chi connectivity index (χ1) is 15.7. The van der Waals surface area contributed by atoms with Gasteiger partial charge in [-0.3, -0.25) is 9.69 Å². The lowest BCUT2D eigenvalue weighted by Gasteiger charge is -2.23. The number of aromatic nitrogens is 1. The maximum absolute atomic E-state index is 13.2. The maximum Gasteiger partial charge on any atom is 0.228 e. The summed E-state index contributed by atoms with van der Waals surface area (Å²) in [5, 5.41) is 0.733. The number of carbonyl (C=O) groups is 1. The van der Waals surface area contributed by atoms with Crippen molar-refractivity contribution in [2.75, 3.05) is 38.0 Å². The van der Waals surface area contributed by atoms with Crippen molar-refractivity contribution in [1.82, 2.24) is 4.98 Å². The number of amides is 1. The minimum absolute atomic E-state index is 0.0779. The zero-order valence-corrected chi connectivity index (χ0v) is 20.0. The van der Waals surface area contributed by atoms with Crippen LogP contribution in [0.15, 0.2) is 47.4 Å². The zero-order valence-electron chi connectivity index (χ0n) is 18.4. The van der Waals surface area contributed by atoms with Crippen molar-refractivity contribution in [3.8, 4) is 11.5 Å². The highest BCUT2D eigenvalue weighted by atomic mass is 32.2. The van der Waals surface area contributed by atoms with E-state index in [0.29, 0.717) is 13.0 Å². The molecule has 1 unspecified atom stereocenters. The van der Waals surface area contributed by atoms with Crippen LogP contribution in [-0.4, -0.2) is 50.1 Å². The molecule has 0 bridgehead atoms. The molecule has 1 fully saturated rings. The summed E-state index contributed by atoms with van der Waals surface area (Å²) in [5.41, 5.74) is 0.851. The summed E-state index contributed by atoms with van der Waals surface area (Å²) in [6.45, 7) is 1.32. The highest BCUT2D eigenvalue weighted by molar-refractivity contribution is 7.99. The molecule has 32 heavy (non-hydrogen) atoms. The third-order valence-electron chi connectivity index (χ3n) is 5.39. The Morgan fingerprint density at radius 1 is 1.19 bits per heavy atom. The van der Waals surface area contributed by atoms with Gasteiger partial charge < -0.3 is 14.2 Å². The first-order valence-electron chi connectivity index (χ1n) is 10.8. The van der Waals surface area contributed by atoms with Crippen molar-refractivity contribution in [3.05, 3.63) is 42.5 Å². The lowest BCUT2D eigenvalue weighted by Crippen LogP contribution is -2.37. The maximum atomic E-state index is 13.2. The van der Waals surface area contributed by atoms with Gasteiger partial charge in [0, 0.05) is 24.0 Å². The molecule has 4 rings (SSSR count). The summed E-state index contributed by atoms with van der Waals surface area (Å²) in [4.78, 5) is 21.0. The summed E-state index contributed by atoms with van der Waals surface area (Å²) in [6, 6.07) is 13.8. The molecule has 6 nitrogen and oxygen atoms in total. The van der Waals surface area contributed by atoms with Crippen LogP contribution < -0.4 is 14.4 Å². The van der Waals surface area contributed by atoms with E-state index in [9.17, 15) is 4.79 Å². The van der Waals surface area contributed by atoms with Gasteiger partial charge in [-0.15, -0.1) is 11.8 Å². The molecule has 0 aliphatic carbocycles. The molecule has 8 heteroatoms. The predicted octanol–water partition coefficient (Wildman–Crippen LogP) is 5.40. The van der Waals surface area contributed by atoms with Crippen LogP contribution in [-0.2, 0) is 9.53 Å². The van der Waals surface area contributed by atoms with Gasteiger partial charge in [-0.25, -0.2) is 4.98 Å². The molecule has 1 aliphatic rings. The van der Waals surface area contributed by atoms with E-state index in [0.717, 1.165) is 58.5 Å². The second kappa shape index (κ2) is 11.0. The summed E-state index contributed by atoms with van der Waals surface area (Å²) in [6.07, 6.45) is 3.39. The number of methoxy groups -OCH3 is 2. The zero-order chi connectivity index (χ0) is 22.3. The SMILES string of the molecule is COc1ccc(SCCCC(=O)N(CC2CCCO2)c2nc3cc(OC)ccc3s2)cc1. The lowest BCUT2D eigenvalue weighted by atomic mass is 10.2. The number of rotatable bonds is 10. The molecule has 0 N–H and O–H groups in total. The fourth-order valence-corrected chi connectivity index (χ4v) is 5.46. The normalized spacial score (nSPS) is 15.8. The van der Waals surface area contributed by atoms with Crippen molar-refractivity contribution in [2.45, 2.75) is 36.7 Å². The molecule has 1 saturated heterocycles. The van der Waals surface area contributed by atoms with Gasteiger partial charge in [0.25, 0.3) is 0 Å². The Morgan fingerprint density at radius 2 is 1.97 bits per heavy atom.